The average Bonchev–Trinajstić information content (AvgIpc) is 2.79. The molecule has 0 fully saturated rings. The third kappa shape index (κ3) is 2.36. The van der Waals surface area contributed by atoms with Crippen LogP contribution < -0.4 is 10.5 Å². The van der Waals surface area contributed by atoms with E-state index in [1.54, 1.807) is 32.4 Å². The molecule has 0 aliphatic heterocycles. The van der Waals surface area contributed by atoms with Crippen LogP contribution in [-0.4, -0.2) is 24.4 Å². The monoisotopic (exact) mass is 235 g/mol. The van der Waals surface area contributed by atoms with Crippen molar-refractivity contribution in [2.24, 2.45) is 0 Å². The van der Waals surface area contributed by atoms with E-state index in [-0.39, 0.29) is 0 Å². The highest BCUT2D eigenvalue weighted by Crippen LogP contribution is 2.28. The molecule has 0 amide bonds. The maximum atomic E-state index is 5.84. The molecule has 6 heteroatoms. The first-order valence-corrected chi connectivity index (χ1v) is 5.00. The second-order valence-corrected chi connectivity index (χ2v) is 3.40. The van der Waals surface area contributed by atoms with E-state index in [2.05, 4.69) is 10.1 Å². The van der Waals surface area contributed by atoms with E-state index in [0.717, 1.165) is 0 Å². The van der Waals surface area contributed by atoms with Crippen LogP contribution in [0.1, 0.15) is 5.82 Å². The highest BCUT2D eigenvalue weighted by atomic mass is 16.5. The normalized spacial score (nSPS) is 10.5. The number of nitrogen functional groups attached to an aromatic ring is 1. The van der Waals surface area contributed by atoms with Gasteiger partial charge in [-0.3, -0.25) is 0 Å². The summed E-state index contributed by atoms with van der Waals surface area (Å²) < 4.78 is 15.1. The SMILES string of the molecule is COCc1noc(-c2cc(OC)ccc2N)n1. The lowest BCUT2D eigenvalue weighted by molar-refractivity contribution is 0.174. The number of aromatic nitrogens is 2. The van der Waals surface area contributed by atoms with Crippen LogP contribution in [0.25, 0.3) is 11.5 Å². The number of rotatable bonds is 4. The van der Waals surface area contributed by atoms with Gasteiger partial charge in [-0.2, -0.15) is 4.98 Å². The van der Waals surface area contributed by atoms with Crippen molar-refractivity contribution in [3.8, 4) is 17.2 Å². The predicted octanol–water partition coefficient (Wildman–Crippen LogP) is 1.47. The number of anilines is 1. The molecule has 0 atom stereocenters. The Labute approximate surface area is 98.3 Å². The van der Waals surface area contributed by atoms with Gasteiger partial charge in [-0.25, -0.2) is 0 Å². The van der Waals surface area contributed by atoms with Crippen LogP contribution in [0.2, 0.25) is 0 Å². The summed E-state index contributed by atoms with van der Waals surface area (Å²) in [6, 6.07) is 5.25. The Kier molecular flexibility index (Phi) is 3.24. The first-order chi connectivity index (χ1) is 8.24. The van der Waals surface area contributed by atoms with Gasteiger partial charge >= 0.3 is 0 Å². The van der Waals surface area contributed by atoms with Crippen molar-refractivity contribution in [2.75, 3.05) is 20.0 Å². The smallest absolute Gasteiger partial charge is 0.260 e. The fourth-order valence-electron chi connectivity index (χ4n) is 1.40. The predicted molar refractivity (Wildman–Crippen MR) is 61.4 cm³/mol. The second kappa shape index (κ2) is 4.84. The van der Waals surface area contributed by atoms with Crippen molar-refractivity contribution in [1.82, 2.24) is 10.1 Å². The van der Waals surface area contributed by atoms with Crippen LogP contribution in [-0.2, 0) is 11.3 Å². The van der Waals surface area contributed by atoms with Crippen molar-refractivity contribution in [3.63, 3.8) is 0 Å². The summed E-state index contributed by atoms with van der Waals surface area (Å²) >= 11 is 0. The number of methoxy groups -OCH3 is 2. The summed E-state index contributed by atoms with van der Waals surface area (Å²) in [7, 11) is 3.15. The van der Waals surface area contributed by atoms with Gasteiger partial charge in [0.05, 0.1) is 12.7 Å². The third-order valence-corrected chi connectivity index (χ3v) is 2.23. The number of hydrogen-bond acceptors (Lipinski definition) is 6. The molecular weight excluding hydrogens is 222 g/mol. The Hall–Kier alpha value is -2.08. The second-order valence-electron chi connectivity index (χ2n) is 3.40. The van der Waals surface area contributed by atoms with E-state index in [1.807, 2.05) is 0 Å². The van der Waals surface area contributed by atoms with Crippen LogP contribution in [0.15, 0.2) is 22.7 Å². The highest BCUT2D eigenvalue weighted by Gasteiger charge is 2.12. The van der Waals surface area contributed by atoms with Gasteiger partial charge in [-0.05, 0) is 18.2 Å². The van der Waals surface area contributed by atoms with Gasteiger partial charge in [0.15, 0.2) is 5.82 Å². The van der Waals surface area contributed by atoms with Gasteiger partial charge in [0.25, 0.3) is 5.89 Å². The van der Waals surface area contributed by atoms with Crippen LogP contribution in [0.4, 0.5) is 5.69 Å². The Balaban J connectivity index is 2.37. The molecule has 6 nitrogen and oxygen atoms in total. The zero-order valence-electron chi connectivity index (χ0n) is 9.64. The molecule has 1 aromatic heterocycles. The molecule has 0 saturated heterocycles. The molecule has 0 bridgehead atoms. The Bertz CT molecular complexity index is 510. The minimum atomic E-state index is 0.299. The number of ether oxygens (including phenoxy) is 2. The molecule has 0 radical (unpaired) electrons. The molecule has 0 saturated carbocycles. The Morgan fingerprint density at radius 2 is 2.18 bits per heavy atom. The summed E-state index contributed by atoms with van der Waals surface area (Å²) in [6.45, 7) is 0.299. The van der Waals surface area contributed by atoms with Gasteiger partial charge in [-0.15, -0.1) is 0 Å². The lowest BCUT2D eigenvalue weighted by atomic mass is 10.1. The lowest BCUT2D eigenvalue weighted by Crippen LogP contribution is -1.93. The Morgan fingerprint density at radius 3 is 2.88 bits per heavy atom. The number of benzene rings is 1. The fraction of sp³-hybridized carbons (Fsp3) is 0.273. The maximum absolute atomic E-state index is 5.84. The quantitative estimate of drug-likeness (QED) is 0.808. The summed E-state index contributed by atoms with van der Waals surface area (Å²) in [6.07, 6.45) is 0. The van der Waals surface area contributed by atoms with Gasteiger partial charge in [0.1, 0.15) is 12.4 Å². The number of hydrogen-bond donors (Lipinski definition) is 1. The molecule has 2 N–H and O–H groups in total. The summed E-state index contributed by atoms with van der Waals surface area (Å²) in [5.41, 5.74) is 7.05. The molecular formula is C11H13N3O3. The fourth-order valence-corrected chi connectivity index (χ4v) is 1.40. The van der Waals surface area contributed by atoms with E-state index in [4.69, 9.17) is 19.7 Å². The first kappa shape index (κ1) is 11.4. The van der Waals surface area contributed by atoms with Crippen molar-refractivity contribution in [1.29, 1.82) is 0 Å². The van der Waals surface area contributed by atoms with E-state index < -0.39 is 0 Å². The van der Waals surface area contributed by atoms with E-state index in [9.17, 15) is 0 Å². The first-order valence-electron chi connectivity index (χ1n) is 5.00. The lowest BCUT2D eigenvalue weighted by Gasteiger charge is -2.03. The standard InChI is InChI=1S/C11H13N3O3/c1-15-6-10-13-11(17-14-10)8-5-7(16-2)3-4-9(8)12/h3-5H,6,12H2,1-2H3. The summed E-state index contributed by atoms with van der Waals surface area (Å²) in [5.74, 6) is 1.51. The number of nitrogens with two attached hydrogens (primary N) is 1. The van der Waals surface area contributed by atoms with E-state index >= 15 is 0 Å². The zero-order valence-corrected chi connectivity index (χ0v) is 9.64. The summed E-state index contributed by atoms with van der Waals surface area (Å²) in [5, 5.41) is 3.77. The topological polar surface area (TPSA) is 83.4 Å². The minimum Gasteiger partial charge on any atom is -0.497 e. The van der Waals surface area contributed by atoms with Crippen LogP contribution in [0.5, 0.6) is 5.75 Å². The highest BCUT2D eigenvalue weighted by molar-refractivity contribution is 5.71. The van der Waals surface area contributed by atoms with Crippen molar-refractivity contribution in [2.45, 2.75) is 6.61 Å². The van der Waals surface area contributed by atoms with Crippen LogP contribution in [0, 0.1) is 0 Å². The molecule has 2 aromatic rings. The van der Waals surface area contributed by atoms with Crippen LogP contribution >= 0.6 is 0 Å². The number of nitrogens with zero attached hydrogens (tertiary/aromatic N) is 2. The Morgan fingerprint density at radius 1 is 1.35 bits per heavy atom. The van der Waals surface area contributed by atoms with Crippen molar-refractivity contribution >= 4 is 5.69 Å². The van der Waals surface area contributed by atoms with Crippen LogP contribution in [0.3, 0.4) is 0 Å². The third-order valence-electron chi connectivity index (χ3n) is 2.23. The molecule has 0 aliphatic rings. The van der Waals surface area contributed by atoms with Gasteiger partial charge in [-0.1, -0.05) is 5.16 Å². The van der Waals surface area contributed by atoms with Gasteiger partial charge in [0, 0.05) is 12.8 Å². The van der Waals surface area contributed by atoms with Gasteiger partial charge < -0.3 is 19.7 Å². The van der Waals surface area contributed by atoms with E-state index in [1.165, 1.54) is 0 Å². The van der Waals surface area contributed by atoms with Crippen molar-refractivity contribution < 1.29 is 14.0 Å². The molecule has 0 spiro atoms. The van der Waals surface area contributed by atoms with Crippen molar-refractivity contribution in [3.05, 3.63) is 24.0 Å². The average molecular weight is 235 g/mol. The molecule has 0 unspecified atom stereocenters. The molecule has 2 rings (SSSR count). The zero-order chi connectivity index (χ0) is 12.3. The van der Waals surface area contributed by atoms with E-state index in [0.29, 0.717) is 35.3 Å². The summed E-state index contributed by atoms with van der Waals surface area (Å²) in [4.78, 5) is 4.17. The molecule has 0 aliphatic carbocycles. The molecule has 17 heavy (non-hydrogen) atoms. The van der Waals surface area contributed by atoms with Gasteiger partial charge in [0.2, 0.25) is 0 Å². The maximum Gasteiger partial charge on any atom is 0.260 e. The molecule has 1 heterocycles. The largest absolute Gasteiger partial charge is 0.497 e. The molecule has 1 aromatic carbocycles. The molecule has 90 valence electrons. The minimum absolute atomic E-state index is 0.299.